The number of hydrogen-bond donors (Lipinski definition) is 1. The van der Waals surface area contributed by atoms with Crippen LogP contribution >= 0.6 is 11.6 Å². The van der Waals surface area contributed by atoms with E-state index >= 15 is 0 Å². The minimum atomic E-state index is -3.62. The van der Waals surface area contributed by atoms with Crippen LogP contribution in [0.2, 0.25) is 5.02 Å². The molecule has 0 aromatic heterocycles. The lowest BCUT2D eigenvalue weighted by atomic mass is 10.1. The summed E-state index contributed by atoms with van der Waals surface area (Å²) in [7, 11) is -3.62. The molecule has 178 valence electrons. The van der Waals surface area contributed by atoms with Gasteiger partial charge in [0.25, 0.3) is 0 Å². The molecule has 0 unspecified atom stereocenters. The van der Waals surface area contributed by atoms with Crippen molar-refractivity contribution in [2.24, 2.45) is 0 Å². The van der Waals surface area contributed by atoms with Gasteiger partial charge < -0.3 is 19.7 Å². The average Bonchev–Trinajstić information content (AvgIpc) is 3.05. The van der Waals surface area contributed by atoms with E-state index in [0.717, 1.165) is 13.0 Å². The van der Waals surface area contributed by atoms with E-state index in [1.807, 2.05) is 0 Å². The zero-order valence-corrected chi connectivity index (χ0v) is 20.1. The van der Waals surface area contributed by atoms with Gasteiger partial charge in [-0.15, -0.1) is 0 Å². The standard InChI is InChI=1S/C23H28ClN3O5S/c1-2-26-7-9-27(10-8-26)33(29,30)19-6-3-5-18(16-19)25-22(28)15-17-13-20(24)23-21(14-17)31-11-4-12-32-23/h3,5-6,13-14,16H,2,4,7-12,15H2,1H3,(H,25,28). The topological polar surface area (TPSA) is 88.2 Å². The molecule has 0 atom stereocenters. The van der Waals surface area contributed by atoms with Gasteiger partial charge in [-0.2, -0.15) is 4.31 Å². The molecule has 0 spiro atoms. The first-order chi connectivity index (χ1) is 15.9. The summed E-state index contributed by atoms with van der Waals surface area (Å²) in [6, 6.07) is 9.80. The van der Waals surface area contributed by atoms with Gasteiger partial charge in [-0.3, -0.25) is 4.79 Å². The van der Waals surface area contributed by atoms with E-state index in [2.05, 4.69) is 17.1 Å². The van der Waals surface area contributed by atoms with Crippen LogP contribution in [0.5, 0.6) is 11.5 Å². The molecule has 0 bridgehead atoms. The Labute approximate surface area is 199 Å². The summed E-state index contributed by atoms with van der Waals surface area (Å²) >= 11 is 6.32. The quantitative estimate of drug-likeness (QED) is 0.665. The number of halogens is 1. The molecule has 1 N–H and O–H groups in total. The Balaban J connectivity index is 1.44. The van der Waals surface area contributed by atoms with Gasteiger partial charge >= 0.3 is 0 Å². The number of likely N-dealkylation sites (N-methyl/N-ethyl adjacent to an activating group) is 1. The number of nitrogens with one attached hydrogen (secondary N) is 1. The maximum absolute atomic E-state index is 13.1. The highest BCUT2D eigenvalue weighted by molar-refractivity contribution is 7.89. The first-order valence-corrected chi connectivity index (χ1v) is 12.9. The summed E-state index contributed by atoms with van der Waals surface area (Å²) < 4.78 is 38.9. The van der Waals surface area contributed by atoms with Crippen molar-refractivity contribution >= 4 is 33.2 Å². The number of nitrogens with zero attached hydrogens (tertiary/aromatic N) is 2. The van der Waals surface area contributed by atoms with Crippen molar-refractivity contribution in [2.45, 2.75) is 24.7 Å². The monoisotopic (exact) mass is 493 g/mol. The van der Waals surface area contributed by atoms with Gasteiger partial charge in [0.2, 0.25) is 15.9 Å². The molecular formula is C23H28ClN3O5S. The van der Waals surface area contributed by atoms with Gasteiger partial charge in [-0.05, 0) is 42.4 Å². The molecule has 2 aliphatic heterocycles. The van der Waals surface area contributed by atoms with Crippen LogP contribution in [-0.2, 0) is 21.2 Å². The van der Waals surface area contributed by atoms with Gasteiger partial charge in [-0.1, -0.05) is 24.6 Å². The fraction of sp³-hybridized carbons (Fsp3) is 0.435. The fourth-order valence-corrected chi connectivity index (χ4v) is 5.70. The summed E-state index contributed by atoms with van der Waals surface area (Å²) in [6.07, 6.45) is 0.820. The number of carbonyl (C=O) groups is 1. The molecule has 0 aliphatic carbocycles. The Morgan fingerprint density at radius 2 is 1.85 bits per heavy atom. The predicted molar refractivity (Wildman–Crippen MR) is 127 cm³/mol. The van der Waals surface area contributed by atoms with Crippen LogP contribution in [0.15, 0.2) is 41.3 Å². The molecule has 1 amide bonds. The zero-order chi connectivity index (χ0) is 23.4. The molecule has 0 radical (unpaired) electrons. The van der Waals surface area contributed by atoms with E-state index in [4.69, 9.17) is 21.1 Å². The Bertz CT molecular complexity index is 1120. The predicted octanol–water partition coefficient (Wildman–Crippen LogP) is 3.01. The van der Waals surface area contributed by atoms with Gasteiger partial charge in [0.15, 0.2) is 11.5 Å². The lowest BCUT2D eigenvalue weighted by Gasteiger charge is -2.33. The fourth-order valence-electron chi connectivity index (χ4n) is 3.95. The Kier molecular flexibility index (Phi) is 7.43. The van der Waals surface area contributed by atoms with E-state index < -0.39 is 10.0 Å². The van der Waals surface area contributed by atoms with E-state index in [9.17, 15) is 13.2 Å². The normalized spacial score (nSPS) is 17.4. The van der Waals surface area contributed by atoms with Gasteiger partial charge in [0.1, 0.15) is 0 Å². The molecule has 2 heterocycles. The number of carbonyl (C=O) groups excluding carboxylic acids is 1. The molecule has 8 nitrogen and oxygen atoms in total. The van der Waals surface area contributed by atoms with Crippen LogP contribution < -0.4 is 14.8 Å². The lowest BCUT2D eigenvalue weighted by Crippen LogP contribution is -2.48. The SMILES string of the molecule is CCN1CCN(S(=O)(=O)c2cccc(NC(=O)Cc3cc(Cl)c4c(c3)OCCCO4)c2)CC1. The number of rotatable bonds is 6. The van der Waals surface area contributed by atoms with Crippen LogP contribution in [0.4, 0.5) is 5.69 Å². The second kappa shape index (κ2) is 10.3. The number of piperazine rings is 1. The van der Waals surface area contributed by atoms with Crippen molar-refractivity contribution in [2.75, 3.05) is 51.3 Å². The van der Waals surface area contributed by atoms with E-state index in [1.54, 1.807) is 30.3 Å². The van der Waals surface area contributed by atoms with Crippen molar-refractivity contribution in [3.05, 3.63) is 47.0 Å². The molecule has 2 aliphatic rings. The number of benzene rings is 2. The van der Waals surface area contributed by atoms with Gasteiger partial charge in [-0.25, -0.2) is 8.42 Å². The minimum absolute atomic E-state index is 0.0618. The lowest BCUT2D eigenvalue weighted by molar-refractivity contribution is -0.115. The Morgan fingerprint density at radius 1 is 1.09 bits per heavy atom. The molecule has 10 heteroatoms. The first kappa shape index (κ1) is 23.8. The zero-order valence-electron chi connectivity index (χ0n) is 18.5. The number of sulfonamides is 1. The third-order valence-corrected chi connectivity index (χ3v) is 7.94. The van der Waals surface area contributed by atoms with Crippen molar-refractivity contribution in [1.29, 1.82) is 0 Å². The number of amides is 1. The van der Waals surface area contributed by atoms with E-state index in [-0.39, 0.29) is 17.2 Å². The number of hydrogen-bond acceptors (Lipinski definition) is 6. The van der Waals surface area contributed by atoms with Crippen molar-refractivity contribution in [3.63, 3.8) is 0 Å². The van der Waals surface area contributed by atoms with Crippen LogP contribution in [0.25, 0.3) is 0 Å². The Morgan fingerprint density at radius 3 is 2.61 bits per heavy atom. The highest BCUT2D eigenvalue weighted by Crippen LogP contribution is 2.38. The summed E-state index contributed by atoms with van der Waals surface area (Å²) in [5.41, 5.74) is 1.10. The van der Waals surface area contributed by atoms with E-state index in [1.165, 1.54) is 10.4 Å². The van der Waals surface area contributed by atoms with Crippen LogP contribution in [0, 0.1) is 0 Å². The third kappa shape index (κ3) is 5.60. The summed E-state index contributed by atoms with van der Waals surface area (Å²) in [5, 5.41) is 3.19. The first-order valence-electron chi connectivity index (χ1n) is 11.1. The van der Waals surface area contributed by atoms with Crippen LogP contribution in [0.1, 0.15) is 18.9 Å². The molecule has 2 aromatic rings. The van der Waals surface area contributed by atoms with Crippen molar-refractivity contribution in [3.8, 4) is 11.5 Å². The Hall–Kier alpha value is -2.33. The second-order valence-corrected chi connectivity index (χ2v) is 10.4. The number of anilines is 1. The molecule has 2 aromatic carbocycles. The summed E-state index contributed by atoms with van der Waals surface area (Å²) in [4.78, 5) is 15.1. The van der Waals surface area contributed by atoms with Crippen molar-refractivity contribution in [1.82, 2.24) is 9.21 Å². The van der Waals surface area contributed by atoms with Gasteiger partial charge in [0.05, 0.1) is 29.6 Å². The molecule has 4 rings (SSSR count). The molecule has 33 heavy (non-hydrogen) atoms. The summed E-state index contributed by atoms with van der Waals surface area (Å²) in [6.45, 7) is 6.36. The maximum atomic E-state index is 13.1. The highest BCUT2D eigenvalue weighted by atomic mass is 35.5. The molecule has 0 saturated carbocycles. The van der Waals surface area contributed by atoms with Crippen LogP contribution in [-0.4, -0.2) is 69.5 Å². The van der Waals surface area contributed by atoms with E-state index in [0.29, 0.717) is 67.2 Å². The molecular weight excluding hydrogens is 466 g/mol. The smallest absolute Gasteiger partial charge is 0.243 e. The van der Waals surface area contributed by atoms with Crippen LogP contribution in [0.3, 0.4) is 0 Å². The van der Waals surface area contributed by atoms with Gasteiger partial charge in [0, 0.05) is 38.3 Å². The average molecular weight is 494 g/mol. The maximum Gasteiger partial charge on any atom is 0.243 e. The molecule has 1 fully saturated rings. The highest BCUT2D eigenvalue weighted by Gasteiger charge is 2.28. The largest absolute Gasteiger partial charge is 0.489 e. The molecule has 1 saturated heterocycles. The minimum Gasteiger partial charge on any atom is -0.489 e. The third-order valence-electron chi connectivity index (χ3n) is 5.76. The summed E-state index contributed by atoms with van der Waals surface area (Å²) in [5.74, 6) is 0.738. The van der Waals surface area contributed by atoms with Crippen molar-refractivity contribution < 1.29 is 22.7 Å². The number of ether oxygens (including phenoxy) is 2. The number of fused-ring (bicyclic) bond motifs is 1. The second-order valence-electron chi connectivity index (χ2n) is 8.05.